The van der Waals surface area contributed by atoms with E-state index in [1.54, 1.807) is 12.1 Å². The van der Waals surface area contributed by atoms with Crippen LogP contribution >= 0.6 is 0 Å². The fourth-order valence-corrected chi connectivity index (χ4v) is 2.03. The van der Waals surface area contributed by atoms with Gasteiger partial charge in [0.25, 0.3) is 0 Å². The smallest absolute Gasteiger partial charge is 0.308 e. The monoisotopic (exact) mass is 256 g/mol. The van der Waals surface area contributed by atoms with Crippen molar-refractivity contribution < 1.29 is 19.0 Å². The van der Waals surface area contributed by atoms with E-state index in [0.29, 0.717) is 5.75 Å². The number of para-hydroxylation sites is 1. The zero-order chi connectivity index (χ0) is 13.2. The number of hydrogen-bond donors (Lipinski definition) is 0. The molecule has 0 atom stereocenters. The molecule has 2 aromatic rings. The molecule has 0 bridgehead atoms. The zero-order valence-electron chi connectivity index (χ0n) is 10.4. The van der Waals surface area contributed by atoms with Crippen LogP contribution in [0.15, 0.2) is 42.5 Å². The maximum Gasteiger partial charge on any atom is 0.308 e. The summed E-state index contributed by atoms with van der Waals surface area (Å²) < 4.78 is 15.8. The molecule has 96 valence electrons. The Morgan fingerprint density at radius 2 is 1.89 bits per heavy atom. The molecule has 0 amide bonds. The average molecular weight is 256 g/mol. The minimum atomic E-state index is -0.329. The highest BCUT2D eigenvalue weighted by Gasteiger charge is 2.18. The van der Waals surface area contributed by atoms with Gasteiger partial charge in [-0.25, -0.2) is 0 Å². The van der Waals surface area contributed by atoms with Gasteiger partial charge in [-0.05, 0) is 23.8 Å². The fourth-order valence-electron chi connectivity index (χ4n) is 2.03. The first-order valence-electron chi connectivity index (χ1n) is 5.91. The van der Waals surface area contributed by atoms with Gasteiger partial charge in [-0.1, -0.05) is 24.3 Å². The lowest BCUT2D eigenvalue weighted by Gasteiger charge is -2.07. The normalized spacial score (nSPS) is 12.3. The van der Waals surface area contributed by atoms with Crippen molar-refractivity contribution >= 4 is 5.97 Å². The van der Waals surface area contributed by atoms with Crippen LogP contribution in [0.3, 0.4) is 0 Å². The first-order chi connectivity index (χ1) is 9.24. The zero-order valence-corrected chi connectivity index (χ0v) is 10.4. The molecule has 19 heavy (non-hydrogen) atoms. The van der Waals surface area contributed by atoms with E-state index in [9.17, 15) is 4.79 Å². The summed E-state index contributed by atoms with van der Waals surface area (Å²) in [7, 11) is 0. The van der Waals surface area contributed by atoms with Gasteiger partial charge in [-0.3, -0.25) is 4.79 Å². The number of ether oxygens (including phenoxy) is 3. The van der Waals surface area contributed by atoms with Crippen LogP contribution in [0.4, 0.5) is 0 Å². The SMILES string of the molecule is CC(=O)Oc1ccc(-c2cccc3c2OCO3)cc1. The molecule has 0 saturated carbocycles. The number of fused-ring (bicyclic) bond motifs is 1. The number of benzene rings is 2. The van der Waals surface area contributed by atoms with Crippen LogP contribution in [0.25, 0.3) is 11.1 Å². The molecule has 3 rings (SSSR count). The van der Waals surface area contributed by atoms with E-state index in [2.05, 4.69) is 0 Å². The lowest BCUT2D eigenvalue weighted by molar-refractivity contribution is -0.131. The molecule has 0 aliphatic carbocycles. The van der Waals surface area contributed by atoms with Crippen molar-refractivity contribution in [3.8, 4) is 28.4 Å². The van der Waals surface area contributed by atoms with E-state index in [1.807, 2.05) is 30.3 Å². The molecule has 4 nitrogen and oxygen atoms in total. The minimum Gasteiger partial charge on any atom is -0.454 e. The summed E-state index contributed by atoms with van der Waals surface area (Å²) in [6, 6.07) is 13.0. The Morgan fingerprint density at radius 1 is 1.11 bits per heavy atom. The average Bonchev–Trinajstić information content (AvgIpc) is 2.87. The van der Waals surface area contributed by atoms with Gasteiger partial charge in [0.15, 0.2) is 11.5 Å². The molecule has 0 fully saturated rings. The lowest BCUT2D eigenvalue weighted by atomic mass is 10.0. The van der Waals surface area contributed by atoms with Gasteiger partial charge in [-0.2, -0.15) is 0 Å². The number of rotatable bonds is 2. The topological polar surface area (TPSA) is 44.8 Å². The standard InChI is InChI=1S/C15H12O4/c1-10(16)19-12-7-5-11(6-8-12)13-3-2-4-14-15(13)18-9-17-14/h2-8H,9H2,1H3. The van der Waals surface area contributed by atoms with Crippen molar-refractivity contribution in [1.82, 2.24) is 0 Å². The van der Waals surface area contributed by atoms with E-state index in [4.69, 9.17) is 14.2 Å². The largest absolute Gasteiger partial charge is 0.454 e. The highest BCUT2D eigenvalue weighted by atomic mass is 16.7. The summed E-state index contributed by atoms with van der Waals surface area (Å²) in [6.07, 6.45) is 0. The summed E-state index contributed by atoms with van der Waals surface area (Å²) in [4.78, 5) is 10.9. The quantitative estimate of drug-likeness (QED) is 0.612. The van der Waals surface area contributed by atoms with Gasteiger partial charge in [-0.15, -0.1) is 0 Å². The van der Waals surface area contributed by atoms with Crippen molar-refractivity contribution in [3.05, 3.63) is 42.5 Å². The van der Waals surface area contributed by atoms with E-state index < -0.39 is 0 Å². The second-order valence-corrected chi connectivity index (χ2v) is 4.16. The van der Waals surface area contributed by atoms with Crippen LogP contribution in [0.1, 0.15) is 6.92 Å². The maximum atomic E-state index is 10.9. The molecule has 0 unspecified atom stereocenters. The summed E-state index contributed by atoms with van der Waals surface area (Å²) in [5, 5.41) is 0. The molecular weight excluding hydrogens is 244 g/mol. The third-order valence-electron chi connectivity index (χ3n) is 2.82. The minimum absolute atomic E-state index is 0.248. The van der Waals surface area contributed by atoms with Crippen molar-refractivity contribution in [2.45, 2.75) is 6.92 Å². The van der Waals surface area contributed by atoms with Gasteiger partial charge in [0.1, 0.15) is 5.75 Å². The second kappa shape index (κ2) is 4.65. The Hall–Kier alpha value is -2.49. The Labute approximate surface area is 110 Å². The first-order valence-corrected chi connectivity index (χ1v) is 5.91. The first kappa shape index (κ1) is 11.6. The summed E-state index contributed by atoms with van der Waals surface area (Å²) in [6.45, 7) is 1.63. The molecule has 1 heterocycles. The van der Waals surface area contributed by atoms with Gasteiger partial charge >= 0.3 is 5.97 Å². The van der Waals surface area contributed by atoms with Crippen LogP contribution in [0.2, 0.25) is 0 Å². The highest BCUT2D eigenvalue weighted by Crippen LogP contribution is 2.41. The van der Waals surface area contributed by atoms with Crippen molar-refractivity contribution in [2.24, 2.45) is 0 Å². The number of esters is 1. The Balaban J connectivity index is 1.95. The van der Waals surface area contributed by atoms with Gasteiger partial charge < -0.3 is 14.2 Å². The van der Waals surface area contributed by atoms with E-state index in [-0.39, 0.29) is 12.8 Å². The molecule has 0 N–H and O–H groups in total. The number of carbonyl (C=O) groups is 1. The molecule has 0 spiro atoms. The predicted octanol–water partition coefficient (Wildman–Crippen LogP) is 3.01. The summed E-state index contributed by atoms with van der Waals surface area (Å²) in [5.74, 6) is 1.70. The van der Waals surface area contributed by atoms with Gasteiger partial charge in [0, 0.05) is 12.5 Å². The van der Waals surface area contributed by atoms with Gasteiger partial charge in [0.2, 0.25) is 6.79 Å². The third kappa shape index (κ3) is 2.25. The van der Waals surface area contributed by atoms with E-state index in [1.165, 1.54) is 6.92 Å². The number of hydrogen-bond acceptors (Lipinski definition) is 4. The lowest BCUT2D eigenvalue weighted by Crippen LogP contribution is -2.00. The van der Waals surface area contributed by atoms with Crippen LogP contribution in [0, 0.1) is 0 Å². The Morgan fingerprint density at radius 3 is 2.63 bits per heavy atom. The fraction of sp³-hybridized carbons (Fsp3) is 0.133. The molecular formula is C15H12O4. The second-order valence-electron chi connectivity index (χ2n) is 4.16. The molecule has 0 saturated heterocycles. The van der Waals surface area contributed by atoms with Crippen LogP contribution < -0.4 is 14.2 Å². The Kier molecular flexibility index (Phi) is 2.83. The van der Waals surface area contributed by atoms with E-state index >= 15 is 0 Å². The van der Waals surface area contributed by atoms with Crippen LogP contribution in [0.5, 0.6) is 17.2 Å². The molecule has 0 radical (unpaired) electrons. The van der Waals surface area contributed by atoms with E-state index in [0.717, 1.165) is 22.6 Å². The van der Waals surface area contributed by atoms with Crippen LogP contribution in [-0.2, 0) is 4.79 Å². The molecule has 1 aliphatic rings. The van der Waals surface area contributed by atoms with Crippen molar-refractivity contribution in [2.75, 3.05) is 6.79 Å². The molecule has 4 heteroatoms. The maximum absolute atomic E-state index is 10.9. The van der Waals surface area contributed by atoms with Crippen molar-refractivity contribution in [1.29, 1.82) is 0 Å². The van der Waals surface area contributed by atoms with Crippen molar-refractivity contribution in [3.63, 3.8) is 0 Å². The third-order valence-corrected chi connectivity index (χ3v) is 2.82. The van der Waals surface area contributed by atoms with Crippen LogP contribution in [-0.4, -0.2) is 12.8 Å². The summed E-state index contributed by atoms with van der Waals surface area (Å²) in [5.41, 5.74) is 1.95. The predicted molar refractivity (Wildman–Crippen MR) is 69.3 cm³/mol. The highest BCUT2D eigenvalue weighted by molar-refractivity contribution is 5.75. The Bertz CT molecular complexity index is 617. The molecule has 2 aromatic carbocycles. The molecule has 1 aliphatic heterocycles. The van der Waals surface area contributed by atoms with Gasteiger partial charge in [0.05, 0.1) is 0 Å². The number of carbonyl (C=O) groups excluding carboxylic acids is 1. The molecule has 0 aromatic heterocycles. The summed E-state index contributed by atoms with van der Waals surface area (Å²) >= 11 is 0.